The van der Waals surface area contributed by atoms with Crippen LogP contribution in [0, 0.1) is 0 Å². The molecule has 0 aromatic rings. The van der Waals surface area contributed by atoms with E-state index in [0.717, 1.165) is 6.08 Å². The van der Waals surface area contributed by atoms with Gasteiger partial charge in [-0.25, -0.2) is 4.79 Å². The van der Waals surface area contributed by atoms with E-state index in [1.165, 1.54) is 0 Å². The molecule has 0 saturated heterocycles. The van der Waals surface area contributed by atoms with Crippen molar-refractivity contribution in [3.05, 3.63) is 12.7 Å². The van der Waals surface area contributed by atoms with E-state index in [0.29, 0.717) is 0 Å². The van der Waals surface area contributed by atoms with Crippen LogP contribution in [0.4, 0.5) is 0 Å². The Morgan fingerprint density at radius 2 is 2.17 bits per heavy atom. The second kappa shape index (κ2) is 4.70. The van der Waals surface area contributed by atoms with Crippen molar-refractivity contribution in [2.75, 3.05) is 0 Å². The Labute approximate surface area is 47.3 Å². The Bertz CT molecular complexity index is 64.0. The molecule has 0 aliphatic heterocycles. The normalized spacial score (nSPS) is 5.33. The van der Waals surface area contributed by atoms with Gasteiger partial charge in [0.2, 0.25) is 0 Å². The fourth-order valence-corrected chi connectivity index (χ4v) is 0. The third-order valence-electron chi connectivity index (χ3n) is 0.175. The van der Waals surface area contributed by atoms with E-state index in [-0.39, 0.29) is 17.9 Å². The number of carboxylic acids is 1. The van der Waals surface area contributed by atoms with Crippen LogP contribution >= 0.6 is 0 Å². The van der Waals surface area contributed by atoms with Crippen LogP contribution in [0.2, 0.25) is 0 Å². The van der Waals surface area contributed by atoms with Crippen molar-refractivity contribution < 1.29 is 27.8 Å². The van der Waals surface area contributed by atoms with Gasteiger partial charge in [0.25, 0.3) is 0 Å². The van der Waals surface area contributed by atoms with Crippen LogP contribution < -0.4 is 0 Å². The summed E-state index contributed by atoms with van der Waals surface area (Å²) in [5.41, 5.74) is 0. The van der Waals surface area contributed by atoms with Crippen molar-refractivity contribution in [3.8, 4) is 0 Å². The first-order valence-corrected chi connectivity index (χ1v) is 1.12. The second-order valence-electron chi connectivity index (χ2n) is 0.542. The van der Waals surface area contributed by atoms with Crippen LogP contribution in [-0.4, -0.2) is 11.1 Å². The molecule has 0 aliphatic rings. The van der Waals surface area contributed by atoms with Gasteiger partial charge in [0.15, 0.2) is 0 Å². The van der Waals surface area contributed by atoms with Gasteiger partial charge in [-0.3, -0.25) is 0 Å². The minimum absolute atomic E-state index is 0. The second-order valence-corrected chi connectivity index (χ2v) is 0.542. The monoisotopic (exact) mass is 131 g/mol. The average molecular weight is 132 g/mol. The first-order chi connectivity index (χ1) is 2.27. The molecular formula is C3H5NiO2-. The molecule has 2 nitrogen and oxygen atoms in total. The smallest absolute Gasteiger partial charge is 0.327 e. The van der Waals surface area contributed by atoms with E-state index in [4.69, 9.17) is 5.11 Å². The SMILES string of the molecule is C=CC(=O)O.[H-].[Ni]. The van der Waals surface area contributed by atoms with Crippen molar-refractivity contribution in [2.45, 2.75) is 0 Å². The molecular weight excluding hydrogens is 127 g/mol. The zero-order valence-electron chi connectivity index (χ0n) is 3.96. The van der Waals surface area contributed by atoms with Crippen molar-refractivity contribution in [1.29, 1.82) is 0 Å². The van der Waals surface area contributed by atoms with E-state index in [1.54, 1.807) is 0 Å². The third kappa shape index (κ3) is 9.33. The number of hydrogen-bond donors (Lipinski definition) is 1. The molecule has 0 unspecified atom stereocenters. The number of rotatable bonds is 1. The predicted octanol–water partition coefficient (Wildman–Crippen LogP) is 0.367. The van der Waals surface area contributed by atoms with E-state index < -0.39 is 5.97 Å². The Hall–Kier alpha value is -0.296. The first kappa shape index (κ1) is 9.20. The Kier molecular flexibility index (Phi) is 7.21. The van der Waals surface area contributed by atoms with Crippen LogP contribution in [0.3, 0.4) is 0 Å². The maximum Gasteiger partial charge on any atom is 0.327 e. The molecule has 0 saturated carbocycles. The molecule has 0 bridgehead atoms. The van der Waals surface area contributed by atoms with Crippen LogP contribution in [0.25, 0.3) is 0 Å². The molecule has 40 valence electrons. The third-order valence-corrected chi connectivity index (χ3v) is 0.175. The molecule has 0 heterocycles. The summed E-state index contributed by atoms with van der Waals surface area (Å²) >= 11 is 0. The van der Waals surface area contributed by atoms with Gasteiger partial charge in [-0.15, -0.1) is 0 Å². The van der Waals surface area contributed by atoms with Gasteiger partial charge < -0.3 is 6.53 Å². The maximum atomic E-state index is 9.25. The maximum absolute atomic E-state index is 9.25. The summed E-state index contributed by atoms with van der Waals surface area (Å²) < 4.78 is 0. The Balaban J connectivity index is -0.0000000800. The first-order valence-electron chi connectivity index (χ1n) is 1.12. The molecule has 0 aromatic carbocycles. The predicted molar refractivity (Wildman–Crippen MR) is 18.9 cm³/mol. The number of aliphatic carboxylic acids is 1. The minimum atomic E-state index is -0.981. The van der Waals surface area contributed by atoms with Gasteiger partial charge in [0.1, 0.15) is 0 Å². The topological polar surface area (TPSA) is 37.3 Å². The van der Waals surface area contributed by atoms with Crippen LogP contribution in [-0.2, 0) is 21.3 Å². The van der Waals surface area contributed by atoms with Crippen molar-refractivity contribution in [2.24, 2.45) is 0 Å². The van der Waals surface area contributed by atoms with Crippen molar-refractivity contribution in [1.82, 2.24) is 0 Å². The molecule has 0 spiro atoms. The molecule has 1 N–H and O–H groups in total. The quantitative estimate of drug-likeness (QED) is 0.413. The molecule has 0 aromatic heterocycles. The molecule has 0 atom stereocenters. The minimum Gasteiger partial charge on any atom is -1.00 e. The fourth-order valence-electron chi connectivity index (χ4n) is 0. The average Bonchev–Trinajstić information content (AvgIpc) is 1.38. The summed E-state index contributed by atoms with van der Waals surface area (Å²) in [6, 6.07) is 0. The Morgan fingerprint density at radius 3 is 2.17 bits per heavy atom. The largest absolute Gasteiger partial charge is 1.00 e. The van der Waals surface area contributed by atoms with Crippen molar-refractivity contribution in [3.63, 3.8) is 0 Å². The fraction of sp³-hybridized carbons (Fsp3) is 0. The molecule has 3 heteroatoms. The van der Waals surface area contributed by atoms with Gasteiger partial charge in [-0.2, -0.15) is 0 Å². The van der Waals surface area contributed by atoms with Crippen molar-refractivity contribution >= 4 is 5.97 Å². The van der Waals surface area contributed by atoms with Gasteiger partial charge in [-0.1, -0.05) is 6.58 Å². The van der Waals surface area contributed by atoms with Gasteiger partial charge >= 0.3 is 5.97 Å². The van der Waals surface area contributed by atoms with Gasteiger partial charge in [0, 0.05) is 22.6 Å². The molecule has 0 fully saturated rings. The van der Waals surface area contributed by atoms with E-state index in [9.17, 15) is 4.79 Å². The van der Waals surface area contributed by atoms with Crippen LogP contribution in [0.1, 0.15) is 1.43 Å². The summed E-state index contributed by atoms with van der Waals surface area (Å²) in [5.74, 6) is -0.981. The zero-order valence-corrected chi connectivity index (χ0v) is 3.94. The number of hydrogen-bond acceptors (Lipinski definition) is 1. The van der Waals surface area contributed by atoms with Crippen LogP contribution in [0.5, 0.6) is 0 Å². The standard InChI is InChI=1S/C3H4O2.Ni.H/c1-2-3(4)5;;/h2H,1H2,(H,4,5);;/q;;-1. The summed E-state index contributed by atoms with van der Waals surface area (Å²) in [7, 11) is 0. The van der Waals surface area contributed by atoms with E-state index in [2.05, 4.69) is 6.58 Å². The van der Waals surface area contributed by atoms with E-state index in [1.807, 2.05) is 0 Å². The van der Waals surface area contributed by atoms with Crippen LogP contribution in [0.15, 0.2) is 12.7 Å². The molecule has 0 aliphatic carbocycles. The summed E-state index contributed by atoms with van der Waals surface area (Å²) in [6.07, 6.45) is 0.833. The molecule has 0 radical (unpaired) electrons. The van der Waals surface area contributed by atoms with E-state index >= 15 is 0 Å². The zero-order chi connectivity index (χ0) is 4.28. The summed E-state index contributed by atoms with van der Waals surface area (Å²) in [6.45, 7) is 2.96. The summed E-state index contributed by atoms with van der Waals surface area (Å²) in [4.78, 5) is 9.25. The molecule has 6 heavy (non-hydrogen) atoms. The van der Waals surface area contributed by atoms with Gasteiger partial charge in [-0.05, 0) is 0 Å². The molecule has 0 rings (SSSR count). The number of carboxylic acid groups (broad SMARTS) is 1. The number of carbonyl (C=O) groups is 1. The molecule has 0 amide bonds. The Morgan fingerprint density at radius 1 is 2.00 bits per heavy atom. The summed E-state index contributed by atoms with van der Waals surface area (Å²) in [5, 5.41) is 7.60. The van der Waals surface area contributed by atoms with Gasteiger partial charge in [0.05, 0.1) is 0 Å².